The number of nitrogens with zero attached hydrogens (tertiary/aromatic N) is 2. The Morgan fingerprint density at radius 1 is 1.03 bits per heavy atom. The van der Waals surface area contributed by atoms with Crippen LogP contribution in [0.2, 0.25) is 0 Å². The van der Waals surface area contributed by atoms with Gasteiger partial charge in [-0.15, -0.1) is 0 Å². The molecule has 162 valence electrons. The standard InChI is InChI=1S/C22H27BrN2O5/c1-22(2,3)30-21(27)25-12-6-11-24(13-14-25)20(26)19-10-9-16(29-19)15-28-18-8-5-4-7-17(18)23/h4-5,7-10H,6,11-15H2,1-3H3. The maximum Gasteiger partial charge on any atom is 0.410 e. The van der Waals surface area contributed by atoms with Gasteiger partial charge in [0, 0.05) is 26.2 Å². The molecule has 1 aromatic heterocycles. The van der Waals surface area contributed by atoms with Crippen molar-refractivity contribution >= 4 is 27.9 Å². The van der Waals surface area contributed by atoms with E-state index < -0.39 is 5.60 Å². The monoisotopic (exact) mass is 478 g/mol. The third-order valence-electron chi connectivity index (χ3n) is 4.51. The molecule has 1 aliphatic rings. The predicted molar refractivity (Wildman–Crippen MR) is 116 cm³/mol. The summed E-state index contributed by atoms with van der Waals surface area (Å²) in [5, 5.41) is 0. The molecule has 0 radical (unpaired) electrons. The van der Waals surface area contributed by atoms with Gasteiger partial charge in [-0.25, -0.2) is 4.79 Å². The van der Waals surface area contributed by atoms with E-state index in [1.54, 1.807) is 21.9 Å². The molecule has 0 N–H and O–H groups in total. The summed E-state index contributed by atoms with van der Waals surface area (Å²) < 4.78 is 17.7. The van der Waals surface area contributed by atoms with Crippen LogP contribution in [0, 0.1) is 0 Å². The first-order valence-corrected chi connectivity index (χ1v) is 10.8. The van der Waals surface area contributed by atoms with E-state index >= 15 is 0 Å². The molecule has 7 nitrogen and oxygen atoms in total. The summed E-state index contributed by atoms with van der Waals surface area (Å²) in [6, 6.07) is 11.0. The molecule has 0 spiro atoms. The van der Waals surface area contributed by atoms with Gasteiger partial charge in [0.2, 0.25) is 0 Å². The molecule has 8 heteroatoms. The highest BCUT2D eigenvalue weighted by Crippen LogP contribution is 2.25. The van der Waals surface area contributed by atoms with E-state index in [1.165, 1.54) is 0 Å². The minimum absolute atomic E-state index is 0.187. The van der Waals surface area contributed by atoms with E-state index in [1.807, 2.05) is 45.0 Å². The number of amides is 2. The van der Waals surface area contributed by atoms with Crippen LogP contribution in [0.15, 0.2) is 45.3 Å². The number of benzene rings is 1. The number of hydrogen-bond donors (Lipinski definition) is 0. The molecule has 0 unspecified atom stereocenters. The lowest BCUT2D eigenvalue weighted by atomic mass is 10.2. The fourth-order valence-electron chi connectivity index (χ4n) is 3.07. The van der Waals surface area contributed by atoms with Crippen molar-refractivity contribution in [2.24, 2.45) is 0 Å². The second-order valence-corrected chi connectivity index (χ2v) is 8.95. The Bertz CT molecular complexity index is 890. The minimum Gasteiger partial charge on any atom is -0.484 e. The fourth-order valence-corrected chi connectivity index (χ4v) is 3.47. The van der Waals surface area contributed by atoms with Gasteiger partial charge in [-0.2, -0.15) is 0 Å². The van der Waals surface area contributed by atoms with Crippen LogP contribution in [0.1, 0.15) is 43.5 Å². The molecule has 1 saturated heterocycles. The molecule has 0 bridgehead atoms. The lowest BCUT2D eigenvalue weighted by molar-refractivity contribution is 0.0255. The van der Waals surface area contributed by atoms with Crippen molar-refractivity contribution in [3.63, 3.8) is 0 Å². The van der Waals surface area contributed by atoms with Crippen LogP contribution in [0.5, 0.6) is 5.75 Å². The lowest BCUT2D eigenvalue weighted by Crippen LogP contribution is -2.40. The number of carbonyl (C=O) groups is 2. The van der Waals surface area contributed by atoms with Gasteiger partial charge in [-0.1, -0.05) is 12.1 Å². The second kappa shape index (κ2) is 9.55. The Balaban J connectivity index is 1.55. The number of halogens is 1. The SMILES string of the molecule is CC(C)(C)OC(=O)N1CCCN(C(=O)c2ccc(COc3ccccc3Br)o2)CC1. The van der Waals surface area contributed by atoms with E-state index in [2.05, 4.69) is 15.9 Å². The molecule has 30 heavy (non-hydrogen) atoms. The molecule has 2 heterocycles. The third kappa shape index (κ3) is 6.01. The molecule has 2 aromatic rings. The molecule has 0 aliphatic carbocycles. The minimum atomic E-state index is -0.541. The first kappa shape index (κ1) is 22.2. The molecule has 0 saturated carbocycles. The Labute approximate surface area is 185 Å². The second-order valence-electron chi connectivity index (χ2n) is 8.10. The average Bonchev–Trinajstić information content (AvgIpc) is 3.01. The maximum atomic E-state index is 12.8. The van der Waals surface area contributed by atoms with Crippen molar-refractivity contribution in [2.75, 3.05) is 26.2 Å². The van der Waals surface area contributed by atoms with Crippen molar-refractivity contribution in [2.45, 2.75) is 39.4 Å². The Kier molecular flexibility index (Phi) is 7.07. The smallest absolute Gasteiger partial charge is 0.410 e. The van der Waals surface area contributed by atoms with Gasteiger partial charge in [0.15, 0.2) is 5.76 Å². The first-order valence-electron chi connectivity index (χ1n) is 9.96. The van der Waals surface area contributed by atoms with Crippen molar-refractivity contribution in [3.8, 4) is 5.75 Å². The maximum absolute atomic E-state index is 12.8. The Morgan fingerprint density at radius 2 is 1.73 bits per heavy atom. The molecule has 2 amide bonds. The van der Waals surface area contributed by atoms with Gasteiger partial charge in [0.25, 0.3) is 5.91 Å². The normalized spacial score (nSPS) is 14.9. The summed E-state index contributed by atoms with van der Waals surface area (Å²) in [7, 11) is 0. The van der Waals surface area contributed by atoms with E-state index in [4.69, 9.17) is 13.9 Å². The lowest BCUT2D eigenvalue weighted by Gasteiger charge is -2.26. The van der Waals surface area contributed by atoms with Crippen LogP contribution in [0.25, 0.3) is 0 Å². The average molecular weight is 479 g/mol. The number of para-hydroxylation sites is 1. The summed E-state index contributed by atoms with van der Waals surface area (Å²) in [6.07, 6.45) is 0.338. The molecule has 3 rings (SSSR count). The number of rotatable bonds is 4. The number of ether oxygens (including phenoxy) is 2. The fraction of sp³-hybridized carbons (Fsp3) is 0.455. The number of carbonyl (C=O) groups excluding carboxylic acids is 2. The predicted octanol–water partition coefficient (Wildman–Crippen LogP) is 4.70. The summed E-state index contributed by atoms with van der Waals surface area (Å²) in [6.45, 7) is 7.72. The third-order valence-corrected chi connectivity index (χ3v) is 5.17. The first-order chi connectivity index (χ1) is 14.2. The number of hydrogen-bond acceptors (Lipinski definition) is 5. The van der Waals surface area contributed by atoms with Crippen LogP contribution in [-0.4, -0.2) is 53.6 Å². The largest absolute Gasteiger partial charge is 0.484 e. The molecular formula is C22H27BrN2O5. The molecule has 0 atom stereocenters. The van der Waals surface area contributed by atoms with Gasteiger partial charge >= 0.3 is 6.09 Å². The van der Waals surface area contributed by atoms with Gasteiger partial charge < -0.3 is 23.7 Å². The molecular weight excluding hydrogens is 452 g/mol. The summed E-state index contributed by atoms with van der Waals surface area (Å²) in [4.78, 5) is 28.5. The van der Waals surface area contributed by atoms with Crippen molar-refractivity contribution in [1.82, 2.24) is 9.80 Å². The van der Waals surface area contributed by atoms with E-state index in [0.29, 0.717) is 44.1 Å². The van der Waals surface area contributed by atoms with E-state index in [9.17, 15) is 9.59 Å². The highest BCUT2D eigenvalue weighted by molar-refractivity contribution is 9.10. The molecule has 1 aliphatic heterocycles. The summed E-state index contributed by atoms with van der Waals surface area (Å²) in [5.41, 5.74) is -0.541. The van der Waals surface area contributed by atoms with Gasteiger partial charge in [-0.3, -0.25) is 4.79 Å². The van der Waals surface area contributed by atoms with Gasteiger partial charge in [0.05, 0.1) is 4.47 Å². The highest BCUT2D eigenvalue weighted by Gasteiger charge is 2.27. The van der Waals surface area contributed by atoms with Crippen molar-refractivity contribution in [3.05, 3.63) is 52.4 Å². The van der Waals surface area contributed by atoms with Crippen LogP contribution < -0.4 is 4.74 Å². The van der Waals surface area contributed by atoms with Crippen LogP contribution >= 0.6 is 15.9 Å². The van der Waals surface area contributed by atoms with Crippen LogP contribution in [-0.2, 0) is 11.3 Å². The molecule has 1 aromatic carbocycles. The van der Waals surface area contributed by atoms with Crippen molar-refractivity contribution < 1.29 is 23.5 Å². The van der Waals surface area contributed by atoms with Gasteiger partial charge in [-0.05, 0) is 67.4 Å². The molecule has 1 fully saturated rings. The quantitative estimate of drug-likeness (QED) is 0.636. The van der Waals surface area contributed by atoms with E-state index in [0.717, 1.165) is 4.47 Å². The zero-order valence-corrected chi connectivity index (χ0v) is 19.1. The summed E-state index contributed by atoms with van der Waals surface area (Å²) in [5.74, 6) is 1.36. The zero-order valence-electron chi connectivity index (χ0n) is 17.5. The van der Waals surface area contributed by atoms with Crippen LogP contribution in [0.3, 0.4) is 0 Å². The van der Waals surface area contributed by atoms with Gasteiger partial charge in [0.1, 0.15) is 23.7 Å². The topological polar surface area (TPSA) is 72.2 Å². The highest BCUT2D eigenvalue weighted by atomic mass is 79.9. The number of furan rings is 1. The zero-order chi connectivity index (χ0) is 21.7. The Morgan fingerprint density at radius 3 is 2.47 bits per heavy atom. The van der Waals surface area contributed by atoms with E-state index in [-0.39, 0.29) is 24.4 Å². The summed E-state index contributed by atoms with van der Waals surface area (Å²) >= 11 is 3.44. The Hall–Kier alpha value is -2.48. The van der Waals surface area contributed by atoms with Crippen molar-refractivity contribution in [1.29, 1.82) is 0 Å². The van der Waals surface area contributed by atoms with Crippen LogP contribution in [0.4, 0.5) is 4.79 Å².